The van der Waals surface area contributed by atoms with E-state index in [-0.39, 0.29) is 35.8 Å². The van der Waals surface area contributed by atoms with Crippen molar-refractivity contribution in [1.29, 1.82) is 0 Å². The molecule has 0 aliphatic heterocycles. The smallest absolute Gasteiger partial charge is 0.490 e. The number of ether oxygens (including phenoxy) is 4. The average Bonchev–Trinajstić information content (AvgIpc) is 2.74. The topological polar surface area (TPSA) is 84.2 Å². The van der Waals surface area contributed by atoms with Crippen LogP contribution in [-0.2, 0) is 10.9 Å². The maximum atomic E-state index is 13.7. The second-order valence-corrected chi connectivity index (χ2v) is 6.18. The maximum Gasteiger partial charge on any atom is 0.514 e. The second-order valence-electron chi connectivity index (χ2n) is 6.18. The first kappa shape index (κ1) is 22.7. The van der Waals surface area contributed by atoms with Crippen molar-refractivity contribution in [2.75, 3.05) is 13.2 Å². The molecule has 0 unspecified atom stereocenters. The van der Waals surface area contributed by atoms with Crippen molar-refractivity contribution in [2.45, 2.75) is 13.1 Å². The summed E-state index contributed by atoms with van der Waals surface area (Å²) in [5.41, 5.74) is -1.52. The number of hydrogen-bond acceptors (Lipinski definition) is 7. The molecule has 168 valence electrons. The van der Waals surface area contributed by atoms with Crippen LogP contribution in [-0.4, -0.2) is 19.4 Å². The van der Waals surface area contributed by atoms with Crippen LogP contribution >= 0.6 is 0 Å². The molecule has 0 aliphatic carbocycles. The van der Waals surface area contributed by atoms with Gasteiger partial charge in [-0.3, -0.25) is 4.79 Å². The minimum atomic E-state index is -5.05. The molecule has 0 saturated heterocycles. The standard InChI is InChI=1S/C22H17F3O7/c1-3-11-29-21(27)30-13-9-10-14-17(12-13)32-20(22(23,24)25)19(18(14)26)31-16-8-6-5-7-15(16)28-4-2/h3,5-10,12H,1,4,11H2,2H3. The molecule has 3 rings (SSSR count). The third kappa shape index (κ3) is 5.02. The summed E-state index contributed by atoms with van der Waals surface area (Å²) >= 11 is 0. The highest BCUT2D eigenvalue weighted by Crippen LogP contribution is 2.40. The van der Waals surface area contributed by atoms with E-state index in [2.05, 4.69) is 11.3 Å². The minimum Gasteiger partial charge on any atom is -0.490 e. The summed E-state index contributed by atoms with van der Waals surface area (Å²) < 4.78 is 66.2. The molecule has 0 spiro atoms. The van der Waals surface area contributed by atoms with Crippen LogP contribution in [0.15, 0.2) is 64.3 Å². The molecule has 0 bridgehead atoms. The number of hydrogen-bond donors (Lipinski definition) is 0. The Balaban J connectivity index is 2.08. The fourth-order valence-corrected chi connectivity index (χ4v) is 2.67. The summed E-state index contributed by atoms with van der Waals surface area (Å²) in [5, 5.41) is -0.214. The quantitative estimate of drug-likeness (QED) is 0.259. The molecule has 32 heavy (non-hydrogen) atoms. The van der Waals surface area contributed by atoms with Gasteiger partial charge in [0, 0.05) is 6.07 Å². The van der Waals surface area contributed by atoms with Gasteiger partial charge < -0.3 is 23.4 Å². The van der Waals surface area contributed by atoms with Crippen molar-refractivity contribution in [3.05, 3.63) is 71.1 Å². The van der Waals surface area contributed by atoms with Crippen LogP contribution in [0.2, 0.25) is 0 Å². The van der Waals surface area contributed by atoms with E-state index in [0.717, 1.165) is 12.1 Å². The second kappa shape index (κ2) is 9.46. The van der Waals surface area contributed by atoms with E-state index in [0.29, 0.717) is 0 Å². The van der Waals surface area contributed by atoms with E-state index < -0.39 is 34.9 Å². The largest absolute Gasteiger partial charge is 0.514 e. The van der Waals surface area contributed by atoms with Crippen molar-refractivity contribution >= 4 is 17.1 Å². The molecule has 0 radical (unpaired) electrons. The summed E-state index contributed by atoms with van der Waals surface area (Å²) in [6, 6.07) is 9.30. The van der Waals surface area contributed by atoms with E-state index in [9.17, 15) is 22.8 Å². The molecule has 0 N–H and O–H groups in total. The molecule has 2 aromatic carbocycles. The van der Waals surface area contributed by atoms with Gasteiger partial charge in [-0.2, -0.15) is 13.2 Å². The Morgan fingerprint density at radius 1 is 1.16 bits per heavy atom. The van der Waals surface area contributed by atoms with Gasteiger partial charge >= 0.3 is 12.3 Å². The van der Waals surface area contributed by atoms with Gasteiger partial charge in [-0.05, 0) is 31.2 Å². The minimum absolute atomic E-state index is 0.0867. The van der Waals surface area contributed by atoms with Crippen LogP contribution in [0.3, 0.4) is 0 Å². The summed E-state index contributed by atoms with van der Waals surface area (Å²) in [6.45, 7) is 5.17. The first-order chi connectivity index (χ1) is 15.2. The fraction of sp³-hybridized carbons (Fsp3) is 0.182. The van der Waals surface area contributed by atoms with Crippen molar-refractivity contribution < 1.29 is 41.3 Å². The number of carbonyl (C=O) groups excluding carboxylic acids is 1. The molecule has 7 nitrogen and oxygen atoms in total. The molecule has 0 aliphatic rings. The highest BCUT2D eigenvalue weighted by molar-refractivity contribution is 5.80. The molecular formula is C22H17F3O7. The Morgan fingerprint density at radius 2 is 1.88 bits per heavy atom. The summed E-state index contributed by atoms with van der Waals surface area (Å²) in [4.78, 5) is 24.4. The molecular weight excluding hydrogens is 433 g/mol. The number of alkyl halides is 3. The van der Waals surface area contributed by atoms with Gasteiger partial charge in [0.25, 0.3) is 5.76 Å². The first-order valence-corrected chi connectivity index (χ1v) is 9.27. The zero-order chi connectivity index (χ0) is 23.3. The Hall–Kier alpha value is -3.95. The molecule has 1 heterocycles. The third-order valence-corrected chi connectivity index (χ3v) is 3.96. The molecule has 10 heteroatoms. The fourth-order valence-electron chi connectivity index (χ4n) is 2.67. The predicted octanol–water partition coefficient (Wildman–Crippen LogP) is 5.70. The van der Waals surface area contributed by atoms with Gasteiger partial charge in [-0.25, -0.2) is 4.79 Å². The summed E-state index contributed by atoms with van der Waals surface area (Å²) in [7, 11) is 0. The lowest BCUT2D eigenvalue weighted by atomic mass is 10.2. The number of halogens is 3. The Labute approximate surface area is 179 Å². The van der Waals surface area contributed by atoms with Crippen LogP contribution < -0.4 is 19.6 Å². The molecule has 0 saturated carbocycles. The Morgan fingerprint density at radius 3 is 2.53 bits per heavy atom. The molecule has 3 aromatic rings. The molecule has 1 aromatic heterocycles. The number of fused-ring (bicyclic) bond motifs is 1. The molecule has 0 atom stereocenters. The van der Waals surface area contributed by atoms with Gasteiger partial charge in [-0.15, -0.1) is 0 Å². The normalized spacial score (nSPS) is 11.1. The Bertz CT molecular complexity index is 1200. The lowest BCUT2D eigenvalue weighted by Gasteiger charge is -2.15. The third-order valence-electron chi connectivity index (χ3n) is 3.96. The molecule has 0 amide bonds. The predicted molar refractivity (Wildman–Crippen MR) is 107 cm³/mol. The van der Waals surface area contributed by atoms with Gasteiger partial charge in [0.2, 0.25) is 11.2 Å². The van der Waals surface area contributed by atoms with Crippen LogP contribution in [0.5, 0.6) is 23.0 Å². The maximum absolute atomic E-state index is 13.7. The number of carbonyl (C=O) groups is 1. The van der Waals surface area contributed by atoms with Gasteiger partial charge in [0.15, 0.2) is 11.5 Å². The van der Waals surface area contributed by atoms with Crippen molar-refractivity contribution in [3.63, 3.8) is 0 Å². The van der Waals surface area contributed by atoms with Gasteiger partial charge in [0.05, 0.1) is 12.0 Å². The van der Waals surface area contributed by atoms with Crippen molar-refractivity contribution in [3.8, 4) is 23.0 Å². The van der Waals surface area contributed by atoms with Crippen molar-refractivity contribution in [1.82, 2.24) is 0 Å². The van der Waals surface area contributed by atoms with Crippen LogP contribution in [0, 0.1) is 0 Å². The SMILES string of the molecule is C=CCOC(=O)Oc1ccc2c(=O)c(Oc3ccccc3OCC)c(C(F)(F)F)oc2c1. The van der Waals surface area contributed by atoms with Crippen LogP contribution in [0.4, 0.5) is 18.0 Å². The van der Waals surface area contributed by atoms with Gasteiger partial charge in [0.1, 0.15) is 17.9 Å². The summed E-state index contributed by atoms with van der Waals surface area (Å²) in [5.74, 6) is -2.80. The average molecular weight is 450 g/mol. The number of benzene rings is 2. The zero-order valence-corrected chi connectivity index (χ0v) is 16.7. The van der Waals surface area contributed by atoms with Crippen LogP contribution in [0.25, 0.3) is 11.0 Å². The lowest BCUT2D eigenvalue weighted by Crippen LogP contribution is -2.16. The Kier molecular flexibility index (Phi) is 6.72. The van der Waals surface area contributed by atoms with E-state index in [4.69, 9.17) is 18.6 Å². The van der Waals surface area contributed by atoms with E-state index in [1.165, 1.54) is 30.3 Å². The summed E-state index contributed by atoms with van der Waals surface area (Å²) in [6.07, 6.45) is -4.85. The number of rotatable bonds is 7. The van der Waals surface area contributed by atoms with E-state index in [1.807, 2.05) is 0 Å². The highest BCUT2D eigenvalue weighted by Gasteiger charge is 2.40. The van der Waals surface area contributed by atoms with E-state index in [1.54, 1.807) is 13.0 Å². The lowest BCUT2D eigenvalue weighted by molar-refractivity contribution is -0.154. The molecule has 0 fully saturated rings. The van der Waals surface area contributed by atoms with Crippen LogP contribution in [0.1, 0.15) is 12.7 Å². The highest BCUT2D eigenvalue weighted by atomic mass is 19.4. The first-order valence-electron chi connectivity index (χ1n) is 9.27. The van der Waals surface area contributed by atoms with Gasteiger partial charge in [-0.1, -0.05) is 24.8 Å². The van der Waals surface area contributed by atoms with Crippen molar-refractivity contribution in [2.24, 2.45) is 0 Å². The monoisotopic (exact) mass is 450 g/mol. The zero-order valence-electron chi connectivity index (χ0n) is 16.7. The number of para-hydroxylation sites is 2. The van der Waals surface area contributed by atoms with E-state index >= 15 is 0 Å².